The third-order valence-corrected chi connectivity index (χ3v) is 2.97. The first-order valence-electron chi connectivity index (χ1n) is 3.54. The Morgan fingerprint density at radius 3 is 2.25 bits per heavy atom. The van der Waals surface area contributed by atoms with Crippen molar-refractivity contribution >= 4 is 33.0 Å². The van der Waals surface area contributed by atoms with E-state index in [4.69, 9.17) is 0 Å². The zero-order valence-corrected chi connectivity index (χ0v) is 15.5. The molecular weight excluding hydrogens is 318 g/mol. The number of rotatable bonds is 2. The molecule has 0 heterocycles. The molecule has 0 saturated carbocycles. The van der Waals surface area contributed by atoms with E-state index in [-0.39, 0.29) is 75.1 Å². The van der Waals surface area contributed by atoms with Crippen molar-refractivity contribution in [3.05, 3.63) is 27.7 Å². The molecule has 0 aliphatic heterocycles. The van der Waals surface area contributed by atoms with Crippen molar-refractivity contribution in [3.8, 4) is 0 Å². The second-order valence-corrected chi connectivity index (χ2v) is 4.42. The van der Waals surface area contributed by atoms with Crippen molar-refractivity contribution in [1.82, 2.24) is 0 Å². The van der Waals surface area contributed by atoms with Crippen molar-refractivity contribution in [2.45, 2.75) is 11.8 Å². The summed E-state index contributed by atoms with van der Waals surface area (Å²) in [5, 5.41) is 10.6. The Kier molecular flexibility index (Phi) is 10.3. The number of carbonyl (C=O) groups excluding carboxylic acids is 1. The average Bonchev–Trinajstić information content (AvgIpc) is 2.07. The molecule has 1 aromatic rings. The summed E-state index contributed by atoms with van der Waals surface area (Å²) in [6.07, 6.45) is 0. The fourth-order valence-corrected chi connectivity index (χ4v) is 2.23. The fraction of sp³-hybridized carbons (Fsp3) is 0.125. The zero-order valence-electron chi connectivity index (χ0n) is 9.07. The van der Waals surface area contributed by atoms with Crippen LogP contribution in [0.25, 0.3) is 0 Å². The van der Waals surface area contributed by atoms with E-state index in [1.165, 1.54) is 19.1 Å². The molecule has 0 spiro atoms. The molecule has 0 saturated heterocycles. The van der Waals surface area contributed by atoms with Gasteiger partial charge in [-0.15, -0.1) is 0 Å². The number of aromatic carboxylic acids is 1. The Balaban J connectivity index is 0. The van der Waals surface area contributed by atoms with E-state index in [0.29, 0.717) is 4.47 Å². The Hall–Kier alpha value is 1.28. The fourth-order valence-electron chi connectivity index (χ4n) is 1.04. The van der Waals surface area contributed by atoms with Gasteiger partial charge in [-0.25, -0.2) is 0 Å². The number of carboxylic acids is 1. The Morgan fingerprint density at radius 2 is 1.88 bits per heavy atom. The van der Waals surface area contributed by atoms with Gasteiger partial charge in [0.1, 0.15) is 0 Å². The van der Waals surface area contributed by atoms with E-state index in [1.54, 1.807) is 0 Å². The molecule has 8 heteroatoms. The molecule has 0 fully saturated rings. The first-order chi connectivity index (χ1) is 6.43. The number of benzene rings is 1. The van der Waals surface area contributed by atoms with Crippen molar-refractivity contribution < 1.29 is 77.8 Å². The summed E-state index contributed by atoms with van der Waals surface area (Å²) in [6, 6.07) is 2.64. The van der Waals surface area contributed by atoms with Crippen LogP contribution in [0.3, 0.4) is 0 Å². The van der Waals surface area contributed by atoms with E-state index in [1.807, 2.05) is 0 Å². The van der Waals surface area contributed by atoms with Gasteiger partial charge >= 0.3 is 59.1 Å². The SMILES string of the molecule is Cc1c(C(=O)[O-])cc(Br)cc1S(=O)[O-].[Na+].[Na+]. The van der Waals surface area contributed by atoms with Crippen molar-refractivity contribution in [2.24, 2.45) is 0 Å². The number of carboxylic acid groups (broad SMARTS) is 1. The van der Waals surface area contributed by atoms with Gasteiger partial charge in [0.25, 0.3) is 0 Å². The van der Waals surface area contributed by atoms with Crippen LogP contribution in [0.4, 0.5) is 0 Å². The second kappa shape index (κ2) is 8.39. The molecule has 1 atom stereocenters. The third-order valence-electron chi connectivity index (χ3n) is 1.72. The maximum atomic E-state index is 10.7. The third kappa shape index (κ3) is 4.88. The molecule has 0 radical (unpaired) electrons. The Bertz CT molecular complexity index is 389. The van der Waals surface area contributed by atoms with Gasteiger partial charge in [0.2, 0.25) is 0 Å². The Labute approximate surface area is 148 Å². The molecule has 1 aromatic carbocycles. The molecule has 0 aromatic heterocycles. The summed E-state index contributed by atoms with van der Waals surface area (Å²) in [7, 11) is 0. The van der Waals surface area contributed by atoms with Gasteiger partial charge in [-0.2, -0.15) is 0 Å². The summed E-state index contributed by atoms with van der Waals surface area (Å²) in [5.41, 5.74) is 0.0557. The molecule has 76 valence electrons. The summed E-state index contributed by atoms with van der Waals surface area (Å²) in [6.45, 7) is 1.42. The van der Waals surface area contributed by atoms with Crippen LogP contribution in [0.5, 0.6) is 0 Å². The second-order valence-electron chi connectivity index (χ2n) is 2.60. The monoisotopic (exact) mass is 322 g/mol. The predicted molar refractivity (Wildman–Crippen MR) is 50.4 cm³/mol. The molecule has 0 bridgehead atoms. The molecule has 1 rings (SSSR count). The van der Waals surface area contributed by atoms with E-state index < -0.39 is 17.0 Å². The molecule has 0 N–H and O–H groups in total. The number of hydrogen-bond donors (Lipinski definition) is 0. The first-order valence-corrected chi connectivity index (χ1v) is 5.41. The molecular formula is C8H5BrNa2O4S. The summed E-state index contributed by atoms with van der Waals surface area (Å²) < 4.78 is 21.8. The number of hydrogen-bond acceptors (Lipinski definition) is 4. The van der Waals surface area contributed by atoms with Gasteiger partial charge in [0.05, 0.1) is 5.97 Å². The summed E-state index contributed by atoms with van der Waals surface area (Å²) in [5.74, 6) is -1.39. The standard InChI is InChI=1S/C8H7BrO4S.2Na/c1-4-6(8(10)11)2-5(9)3-7(4)14(12)13;;/h2-3H,1H3,(H,10,11)(H,12,13);;/q;2*+1/p-2. The quantitative estimate of drug-likeness (QED) is 0.401. The predicted octanol–water partition coefficient (Wildman–Crippen LogP) is -5.63. The van der Waals surface area contributed by atoms with Crippen LogP contribution in [-0.4, -0.2) is 14.7 Å². The minimum Gasteiger partial charge on any atom is -0.768 e. The minimum absolute atomic E-state index is 0. The van der Waals surface area contributed by atoms with E-state index in [0.717, 1.165) is 0 Å². The number of halogens is 1. The van der Waals surface area contributed by atoms with Gasteiger partial charge in [-0.3, -0.25) is 4.21 Å². The van der Waals surface area contributed by atoms with E-state index >= 15 is 0 Å². The molecule has 4 nitrogen and oxygen atoms in total. The van der Waals surface area contributed by atoms with Crippen LogP contribution in [0.2, 0.25) is 0 Å². The van der Waals surface area contributed by atoms with Gasteiger partial charge in [-0.05, 0) is 35.7 Å². The van der Waals surface area contributed by atoms with Crippen LogP contribution in [0, 0.1) is 6.92 Å². The maximum absolute atomic E-state index is 10.7. The molecule has 0 aliphatic carbocycles. The molecule has 16 heavy (non-hydrogen) atoms. The van der Waals surface area contributed by atoms with Gasteiger partial charge in [-0.1, -0.05) is 15.9 Å². The van der Waals surface area contributed by atoms with Crippen molar-refractivity contribution in [1.29, 1.82) is 0 Å². The van der Waals surface area contributed by atoms with E-state index in [9.17, 15) is 18.7 Å². The van der Waals surface area contributed by atoms with Gasteiger partial charge in [0, 0.05) is 14.9 Å². The normalized spacial score (nSPS) is 10.9. The average molecular weight is 323 g/mol. The van der Waals surface area contributed by atoms with Crippen LogP contribution in [0.15, 0.2) is 21.5 Å². The minimum atomic E-state index is -2.45. The Morgan fingerprint density at radius 1 is 1.38 bits per heavy atom. The van der Waals surface area contributed by atoms with Crippen molar-refractivity contribution in [3.63, 3.8) is 0 Å². The van der Waals surface area contributed by atoms with Gasteiger partial charge < -0.3 is 14.5 Å². The van der Waals surface area contributed by atoms with Crippen molar-refractivity contribution in [2.75, 3.05) is 0 Å². The topological polar surface area (TPSA) is 80.3 Å². The van der Waals surface area contributed by atoms with Crippen LogP contribution in [0.1, 0.15) is 15.9 Å². The smallest absolute Gasteiger partial charge is 0.768 e. The first kappa shape index (κ1) is 19.6. The molecule has 0 amide bonds. The largest absolute Gasteiger partial charge is 1.00 e. The van der Waals surface area contributed by atoms with Crippen LogP contribution in [-0.2, 0) is 11.1 Å². The van der Waals surface area contributed by atoms with Gasteiger partial charge in [0.15, 0.2) is 0 Å². The van der Waals surface area contributed by atoms with Crippen LogP contribution < -0.4 is 64.2 Å². The zero-order chi connectivity index (χ0) is 10.9. The van der Waals surface area contributed by atoms with Crippen LogP contribution >= 0.6 is 15.9 Å². The number of carbonyl (C=O) groups is 1. The maximum Gasteiger partial charge on any atom is 1.00 e. The van der Waals surface area contributed by atoms with E-state index in [2.05, 4.69) is 15.9 Å². The molecule has 1 unspecified atom stereocenters. The summed E-state index contributed by atoms with van der Waals surface area (Å²) >= 11 is 0.571. The molecule has 0 aliphatic rings. The summed E-state index contributed by atoms with van der Waals surface area (Å²) in [4.78, 5) is 10.6.